The number of piperidine rings is 1. The van der Waals surface area contributed by atoms with Gasteiger partial charge in [-0.05, 0) is 43.9 Å². The highest BCUT2D eigenvalue weighted by Crippen LogP contribution is 2.20. The molecular weight excluding hydrogens is 229 g/mol. The smallest absolute Gasteiger partial charge is 0.254 e. The lowest BCUT2D eigenvalue weighted by molar-refractivity contribution is 0.0723. The van der Waals surface area contributed by atoms with Gasteiger partial charge in [0.15, 0.2) is 0 Å². The van der Waals surface area contributed by atoms with E-state index in [4.69, 9.17) is 0 Å². The van der Waals surface area contributed by atoms with E-state index in [1.807, 2.05) is 11.8 Å². The Morgan fingerprint density at radius 2 is 2.00 bits per heavy atom. The zero-order chi connectivity index (χ0) is 13.1. The molecule has 1 amide bonds. The molecule has 0 aromatic heterocycles. The minimum absolute atomic E-state index is 0.0540. The highest BCUT2D eigenvalue weighted by molar-refractivity contribution is 5.96. The van der Waals surface area contributed by atoms with Crippen LogP contribution in [0.1, 0.15) is 40.7 Å². The Morgan fingerprint density at radius 3 is 2.61 bits per heavy atom. The number of hydrogen-bond acceptors (Lipinski definition) is 1. The first-order valence-corrected chi connectivity index (χ1v) is 6.35. The fraction of sp³-hybridized carbons (Fsp3) is 0.400. The molecule has 0 atom stereocenters. The minimum atomic E-state index is -0.379. The summed E-state index contributed by atoms with van der Waals surface area (Å²) in [6.07, 6.45) is 4.72. The lowest BCUT2D eigenvalue weighted by atomic mass is 10.0. The van der Waals surface area contributed by atoms with Gasteiger partial charge >= 0.3 is 0 Å². The first kappa shape index (κ1) is 12.8. The summed E-state index contributed by atoms with van der Waals surface area (Å²) in [6.45, 7) is 6.96. The summed E-state index contributed by atoms with van der Waals surface area (Å²) in [5.41, 5.74) is 1.73. The average Bonchev–Trinajstić information content (AvgIpc) is 2.41. The first-order chi connectivity index (χ1) is 8.63. The van der Waals surface area contributed by atoms with Gasteiger partial charge in [-0.25, -0.2) is 4.39 Å². The number of carbonyl (C=O) groups is 1. The van der Waals surface area contributed by atoms with Gasteiger partial charge in [0.1, 0.15) is 5.82 Å². The summed E-state index contributed by atoms with van der Waals surface area (Å²) in [4.78, 5) is 14.1. The Kier molecular flexibility index (Phi) is 3.80. The first-order valence-electron chi connectivity index (χ1n) is 6.35. The van der Waals surface area contributed by atoms with E-state index in [-0.39, 0.29) is 11.7 Å². The Morgan fingerprint density at radius 1 is 1.33 bits per heavy atom. The number of amides is 1. The molecule has 3 heteroatoms. The van der Waals surface area contributed by atoms with Crippen LogP contribution in [-0.2, 0) is 0 Å². The predicted octanol–water partition coefficient (Wildman–Crippen LogP) is 3.40. The quantitative estimate of drug-likeness (QED) is 0.784. The van der Waals surface area contributed by atoms with Gasteiger partial charge in [-0.1, -0.05) is 12.7 Å². The molecule has 0 radical (unpaired) electrons. The molecule has 0 saturated carbocycles. The topological polar surface area (TPSA) is 20.3 Å². The van der Waals surface area contributed by atoms with Crippen molar-refractivity contribution in [1.29, 1.82) is 0 Å². The number of likely N-dealkylation sites (tertiary alicyclic amines) is 1. The molecule has 1 saturated heterocycles. The van der Waals surface area contributed by atoms with E-state index in [0.717, 1.165) is 31.5 Å². The van der Waals surface area contributed by atoms with E-state index in [1.165, 1.54) is 18.6 Å². The van der Waals surface area contributed by atoms with Crippen LogP contribution in [-0.4, -0.2) is 23.9 Å². The molecule has 2 rings (SSSR count). The third-order valence-electron chi connectivity index (χ3n) is 3.44. The fourth-order valence-electron chi connectivity index (χ4n) is 2.36. The van der Waals surface area contributed by atoms with E-state index in [9.17, 15) is 9.18 Å². The Balaban J connectivity index is 2.29. The van der Waals surface area contributed by atoms with Crippen LogP contribution in [0.3, 0.4) is 0 Å². The van der Waals surface area contributed by atoms with Gasteiger partial charge in [0.05, 0.1) is 0 Å². The van der Waals surface area contributed by atoms with Crippen molar-refractivity contribution < 1.29 is 9.18 Å². The number of nitrogens with zero attached hydrogens (tertiary/aromatic N) is 1. The lowest BCUT2D eigenvalue weighted by Crippen LogP contribution is -2.36. The van der Waals surface area contributed by atoms with Crippen molar-refractivity contribution in [3.63, 3.8) is 0 Å². The second-order valence-corrected chi connectivity index (χ2v) is 4.75. The molecule has 18 heavy (non-hydrogen) atoms. The molecule has 1 aliphatic rings. The third-order valence-corrected chi connectivity index (χ3v) is 3.44. The molecule has 0 aliphatic carbocycles. The van der Waals surface area contributed by atoms with Crippen LogP contribution in [0.25, 0.3) is 6.08 Å². The molecule has 1 fully saturated rings. The van der Waals surface area contributed by atoms with E-state index in [1.54, 1.807) is 6.07 Å². The van der Waals surface area contributed by atoms with Gasteiger partial charge in [0.2, 0.25) is 0 Å². The van der Waals surface area contributed by atoms with Gasteiger partial charge in [0.25, 0.3) is 5.91 Å². The highest BCUT2D eigenvalue weighted by Gasteiger charge is 2.20. The number of halogens is 1. The molecule has 1 aliphatic heterocycles. The Bertz CT molecular complexity index is 476. The number of aryl methyl sites for hydroxylation is 1. The number of rotatable bonds is 2. The molecule has 0 N–H and O–H groups in total. The molecule has 0 unspecified atom stereocenters. The van der Waals surface area contributed by atoms with E-state index < -0.39 is 0 Å². The number of benzene rings is 1. The average molecular weight is 247 g/mol. The predicted molar refractivity (Wildman–Crippen MR) is 71.0 cm³/mol. The maximum atomic E-state index is 13.7. The van der Waals surface area contributed by atoms with Crippen LogP contribution in [0.4, 0.5) is 4.39 Å². The van der Waals surface area contributed by atoms with Gasteiger partial charge in [-0.3, -0.25) is 4.79 Å². The summed E-state index contributed by atoms with van der Waals surface area (Å²) in [5, 5.41) is 0. The molecule has 2 nitrogen and oxygen atoms in total. The highest BCUT2D eigenvalue weighted by atomic mass is 19.1. The van der Waals surface area contributed by atoms with Gasteiger partial charge < -0.3 is 4.90 Å². The molecule has 1 aromatic rings. The van der Waals surface area contributed by atoms with E-state index >= 15 is 0 Å². The molecular formula is C15H18FNO. The summed E-state index contributed by atoms with van der Waals surface area (Å²) in [5.74, 6) is -0.433. The van der Waals surface area contributed by atoms with Crippen molar-refractivity contribution in [1.82, 2.24) is 4.90 Å². The van der Waals surface area contributed by atoms with Crippen molar-refractivity contribution in [3.05, 3.63) is 41.2 Å². The van der Waals surface area contributed by atoms with Crippen molar-refractivity contribution in [3.8, 4) is 0 Å². The monoisotopic (exact) mass is 247 g/mol. The van der Waals surface area contributed by atoms with Crippen molar-refractivity contribution >= 4 is 12.0 Å². The molecule has 0 bridgehead atoms. The van der Waals surface area contributed by atoms with Gasteiger partial charge in [-0.2, -0.15) is 0 Å². The molecule has 0 spiro atoms. The normalized spacial score (nSPS) is 15.6. The van der Waals surface area contributed by atoms with Crippen LogP contribution in [0.2, 0.25) is 0 Å². The maximum absolute atomic E-state index is 13.7. The van der Waals surface area contributed by atoms with Crippen LogP contribution < -0.4 is 0 Å². The van der Waals surface area contributed by atoms with Crippen molar-refractivity contribution in [2.24, 2.45) is 0 Å². The molecule has 96 valence electrons. The SMILES string of the molecule is C=Cc1cc(C)c(C(=O)N2CCCCC2)cc1F. The van der Waals surface area contributed by atoms with Crippen LogP contribution in [0.5, 0.6) is 0 Å². The second kappa shape index (κ2) is 5.34. The minimum Gasteiger partial charge on any atom is -0.339 e. The van der Waals surface area contributed by atoms with Crippen LogP contribution in [0, 0.1) is 12.7 Å². The third kappa shape index (κ3) is 2.45. The number of carbonyl (C=O) groups excluding carboxylic acids is 1. The van der Waals surface area contributed by atoms with Crippen molar-refractivity contribution in [2.75, 3.05) is 13.1 Å². The molecule has 1 heterocycles. The van der Waals surface area contributed by atoms with Crippen molar-refractivity contribution in [2.45, 2.75) is 26.2 Å². The van der Waals surface area contributed by atoms with E-state index in [2.05, 4.69) is 6.58 Å². The summed E-state index contributed by atoms with van der Waals surface area (Å²) < 4.78 is 13.7. The molecule has 1 aromatic carbocycles. The second-order valence-electron chi connectivity index (χ2n) is 4.75. The zero-order valence-electron chi connectivity index (χ0n) is 10.7. The zero-order valence-corrected chi connectivity index (χ0v) is 10.7. The van der Waals surface area contributed by atoms with Crippen LogP contribution >= 0.6 is 0 Å². The lowest BCUT2D eigenvalue weighted by Gasteiger charge is -2.27. The maximum Gasteiger partial charge on any atom is 0.254 e. The standard InChI is InChI=1S/C15H18FNO/c1-3-12-9-11(2)13(10-14(12)16)15(18)17-7-5-4-6-8-17/h3,9-10H,1,4-8H2,2H3. The summed E-state index contributed by atoms with van der Waals surface area (Å²) in [7, 11) is 0. The summed E-state index contributed by atoms with van der Waals surface area (Å²) in [6, 6.07) is 3.02. The Hall–Kier alpha value is -1.64. The van der Waals surface area contributed by atoms with E-state index in [0.29, 0.717) is 11.1 Å². The fourth-order valence-corrected chi connectivity index (χ4v) is 2.36. The van der Waals surface area contributed by atoms with Crippen LogP contribution in [0.15, 0.2) is 18.7 Å². The summed E-state index contributed by atoms with van der Waals surface area (Å²) >= 11 is 0. The Labute approximate surface area is 107 Å². The largest absolute Gasteiger partial charge is 0.339 e. The van der Waals surface area contributed by atoms with Gasteiger partial charge in [-0.15, -0.1) is 0 Å². The number of hydrogen-bond donors (Lipinski definition) is 0. The van der Waals surface area contributed by atoms with Gasteiger partial charge in [0, 0.05) is 24.2 Å².